The molecule has 0 bridgehead atoms. The van der Waals surface area contributed by atoms with Crippen molar-refractivity contribution in [2.45, 2.75) is 59.8 Å². The minimum atomic E-state index is 0.123. The van der Waals surface area contributed by atoms with E-state index >= 15 is 0 Å². The van der Waals surface area contributed by atoms with E-state index in [1.54, 1.807) is 0 Å². The largest absolute Gasteiger partial charge is 0.295 e. The lowest BCUT2D eigenvalue weighted by Crippen LogP contribution is -2.20. The molecule has 2 aliphatic rings. The van der Waals surface area contributed by atoms with E-state index in [4.69, 9.17) is 0 Å². The summed E-state index contributed by atoms with van der Waals surface area (Å²) in [5.41, 5.74) is 3.11. The predicted molar refractivity (Wildman–Crippen MR) is 62.7 cm³/mol. The first-order chi connectivity index (χ1) is 6.91. The van der Waals surface area contributed by atoms with Gasteiger partial charge >= 0.3 is 0 Å². The van der Waals surface area contributed by atoms with Crippen LogP contribution < -0.4 is 0 Å². The summed E-state index contributed by atoms with van der Waals surface area (Å²) in [5.74, 6) is 0.429. The molecule has 1 unspecified atom stereocenters. The Balaban J connectivity index is 2.53. The van der Waals surface area contributed by atoms with Gasteiger partial charge in [-0.2, -0.15) is 0 Å². The van der Waals surface area contributed by atoms with Gasteiger partial charge in [-0.3, -0.25) is 4.79 Å². The molecule has 0 aliphatic heterocycles. The van der Waals surface area contributed by atoms with Crippen molar-refractivity contribution in [3.05, 3.63) is 11.1 Å². The number of carbonyl (C=O) groups excluding carboxylic acids is 1. The second-order valence-electron chi connectivity index (χ2n) is 6.11. The highest BCUT2D eigenvalue weighted by Gasteiger charge is 2.48. The summed E-state index contributed by atoms with van der Waals surface area (Å²) < 4.78 is 0. The quantitative estimate of drug-likeness (QED) is 0.636. The molecule has 0 spiro atoms. The topological polar surface area (TPSA) is 17.1 Å². The molecule has 0 aromatic rings. The second-order valence-corrected chi connectivity index (χ2v) is 6.11. The smallest absolute Gasteiger partial charge is 0.159 e. The number of hydrogen-bond donors (Lipinski definition) is 0. The molecule has 2 rings (SSSR count). The van der Waals surface area contributed by atoms with Gasteiger partial charge in [-0.05, 0) is 36.5 Å². The van der Waals surface area contributed by atoms with Crippen LogP contribution >= 0.6 is 0 Å². The Morgan fingerprint density at radius 3 is 2.47 bits per heavy atom. The van der Waals surface area contributed by atoms with Crippen LogP contribution in [0, 0.1) is 10.8 Å². The number of ketones is 1. The highest BCUT2D eigenvalue weighted by Crippen LogP contribution is 2.57. The molecule has 0 aromatic carbocycles. The molecular formula is C14H22O. The molecule has 15 heavy (non-hydrogen) atoms. The lowest BCUT2D eigenvalue weighted by Gasteiger charge is -2.28. The molecule has 0 heterocycles. The van der Waals surface area contributed by atoms with Crippen molar-refractivity contribution in [1.29, 1.82) is 0 Å². The molecule has 1 heteroatoms. The van der Waals surface area contributed by atoms with Gasteiger partial charge in [0, 0.05) is 12.0 Å². The third-order valence-electron chi connectivity index (χ3n) is 4.43. The van der Waals surface area contributed by atoms with Crippen molar-refractivity contribution < 1.29 is 4.79 Å². The van der Waals surface area contributed by atoms with Crippen molar-refractivity contribution in [2.24, 2.45) is 10.8 Å². The van der Waals surface area contributed by atoms with E-state index in [-0.39, 0.29) is 5.41 Å². The molecule has 0 fully saturated rings. The fourth-order valence-electron chi connectivity index (χ4n) is 3.74. The Bertz CT molecular complexity index is 335. The molecule has 0 saturated carbocycles. The van der Waals surface area contributed by atoms with Crippen molar-refractivity contribution in [3.8, 4) is 0 Å². The molecular weight excluding hydrogens is 184 g/mol. The standard InChI is InChI=1S/C14H22O/c1-5-14(4)9-13(2,3)12-10(14)7-6-8-11(12)15/h5-9H2,1-4H3. The van der Waals surface area contributed by atoms with Crippen LogP contribution in [0.3, 0.4) is 0 Å². The lowest BCUT2D eigenvalue weighted by atomic mass is 9.76. The molecule has 1 atom stereocenters. The maximum Gasteiger partial charge on any atom is 0.159 e. The van der Waals surface area contributed by atoms with E-state index in [0.29, 0.717) is 11.2 Å². The molecule has 0 aromatic heterocycles. The van der Waals surface area contributed by atoms with E-state index in [1.165, 1.54) is 17.6 Å². The van der Waals surface area contributed by atoms with Crippen molar-refractivity contribution in [1.82, 2.24) is 0 Å². The zero-order chi connectivity index (χ0) is 11.3. The molecule has 1 nitrogen and oxygen atoms in total. The lowest BCUT2D eigenvalue weighted by molar-refractivity contribution is -0.116. The summed E-state index contributed by atoms with van der Waals surface area (Å²) in [7, 11) is 0. The fourth-order valence-corrected chi connectivity index (χ4v) is 3.74. The highest BCUT2D eigenvalue weighted by molar-refractivity contribution is 5.99. The molecule has 0 N–H and O–H groups in total. The van der Waals surface area contributed by atoms with E-state index < -0.39 is 0 Å². The van der Waals surface area contributed by atoms with Crippen molar-refractivity contribution >= 4 is 5.78 Å². The van der Waals surface area contributed by atoms with Gasteiger partial charge < -0.3 is 0 Å². The zero-order valence-corrected chi connectivity index (χ0v) is 10.4. The average molecular weight is 206 g/mol. The summed E-state index contributed by atoms with van der Waals surface area (Å²) in [6.45, 7) is 9.08. The van der Waals surface area contributed by atoms with E-state index in [0.717, 1.165) is 25.7 Å². The molecule has 0 amide bonds. The Labute approximate surface area is 92.9 Å². The minimum absolute atomic E-state index is 0.123. The number of Topliss-reactive ketones (excluding diaryl/α,β-unsaturated/α-hetero) is 1. The zero-order valence-electron chi connectivity index (χ0n) is 10.4. The molecule has 0 radical (unpaired) electrons. The van der Waals surface area contributed by atoms with Gasteiger partial charge in [0.2, 0.25) is 0 Å². The van der Waals surface area contributed by atoms with Gasteiger partial charge in [0.1, 0.15) is 0 Å². The number of hydrogen-bond acceptors (Lipinski definition) is 1. The monoisotopic (exact) mass is 206 g/mol. The Morgan fingerprint density at radius 1 is 1.20 bits per heavy atom. The van der Waals surface area contributed by atoms with Crippen LogP contribution in [0.15, 0.2) is 11.1 Å². The summed E-state index contributed by atoms with van der Waals surface area (Å²) in [6, 6.07) is 0. The molecule has 84 valence electrons. The van der Waals surface area contributed by atoms with Crippen molar-refractivity contribution in [2.75, 3.05) is 0 Å². The predicted octanol–water partition coefficient (Wildman–Crippen LogP) is 3.88. The number of carbonyl (C=O) groups is 1. The maximum atomic E-state index is 12.0. The summed E-state index contributed by atoms with van der Waals surface area (Å²) in [4.78, 5) is 12.0. The molecule has 2 aliphatic carbocycles. The first-order valence-electron chi connectivity index (χ1n) is 6.18. The summed E-state index contributed by atoms with van der Waals surface area (Å²) in [6.07, 6.45) is 5.34. The van der Waals surface area contributed by atoms with E-state index in [2.05, 4.69) is 27.7 Å². The highest BCUT2D eigenvalue weighted by atomic mass is 16.1. The third-order valence-corrected chi connectivity index (χ3v) is 4.43. The fraction of sp³-hybridized carbons (Fsp3) is 0.786. The summed E-state index contributed by atoms with van der Waals surface area (Å²) in [5, 5.41) is 0. The van der Waals surface area contributed by atoms with Crippen molar-refractivity contribution in [3.63, 3.8) is 0 Å². The van der Waals surface area contributed by atoms with Crippen LogP contribution in [0.5, 0.6) is 0 Å². The van der Waals surface area contributed by atoms with Crippen LogP contribution in [-0.4, -0.2) is 5.78 Å². The second kappa shape index (κ2) is 3.20. The van der Waals surface area contributed by atoms with E-state index in [1.807, 2.05) is 0 Å². The van der Waals surface area contributed by atoms with Gasteiger partial charge in [-0.25, -0.2) is 0 Å². The van der Waals surface area contributed by atoms with Crippen LogP contribution in [0.1, 0.15) is 59.8 Å². The Kier molecular flexibility index (Phi) is 2.33. The minimum Gasteiger partial charge on any atom is -0.295 e. The Hall–Kier alpha value is -0.590. The van der Waals surface area contributed by atoms with Crippen LogP contribution in [-0.2, 0) is 4.79 Å². The summed E-state index contributed by atoms with van der Waals surface area (Å²) >= 11 is 0. The average Bonchev–Trinajstić information content (AvgIpc) is 2.36. The van der Waals surface area contributed by atoms with Gasteiger partial charge in [0.25, 0.3) is 0 Å². The first kappa shape index (κ1) is 10.9. The SMILES string of the molecule is CCC1(C)CC(C)(C)C2=C1CCCC2=O. The van der Waals surface area contributed by atoms with Gasteiger partial charge in [0.15, 0.2) is 5.78 Å². The Morgan fingerprint density at radius 2 is 1.87 bits per heavy atom. The van der Waals surface area contributed by atoms with Gasteiger partial charge in [-0.15, -0.1) is 0 Å². The normalized spacial score (nSPS) is 34.5. The van der Waals surface area contributed by atoms with Gasteiger partial charge in [0.05, 0.1) is 0 Å². The third kappa shape index (κ3) is 1.47. The van der Waals surface area contributed by atoms with E-state index in [9.17, 15) is 4.79 Å². The van der Waals surface area contributed by atoms with Gasteiger partial charge in [-0.1, -0.05) is 33.3 Å². The number of allylic oxidation sites excluding steroid dienone is 2. The first-order valence-corrected chi connectivity index (χ1v) is 6.18. The van der Waals surface area contributed by atoms with Crippen LogP contribution in [0.25, 0.3) is 0 Å². The number of rotatable bonds is 1. The van der Waals surface area contributed by atoms with Crippen LogP contribution in [0.4, 0.5) is 0 Å². The molecule has 0 saturated heterocycles. The van der Waals surface area contributed by atoms with Crippen LogP contribution in [0.2, 0.25) is 0 Å². The maximum absolute atomic E-state index is 12.0.